The van der Waals surface area contributed by atoms with Crippen molar-refractivity contribution < 1.29 is 0 Å². The molecule has 0 aliphatic carbocycles. The normalized spacial score (nSPS) is 10.8. The molecule has 4 rings (SSSR count). The Morgan fingerprint density at radius 2 is 1.82 bits per heavy atom. The first kappa shape index (κ1) is 18.3. The fraction of sp³-hybridized carbons (Fsp3) is 0.182. The molecule has 0 spiro atoms. The molecule has 5 nitrogen and oxygen atoms in total. The first-order valence-corrected chi connectivity index (χ1v) is 10.0. The number of aromatic nitrogens is 4. The quantitative estimate of drug-likeness (QED) is 0.514. The molecule has 0 atom stereocenters. The van der Waals surface area contributed by atoms with Crippen molar-refractivity contribution in [1.29, 1.82) is 0 Å². The van der Waals surface area contributed by atoms with E-state index in [1.807, 2.05) is 38.2 Å². The van der Waals surface area contributed by atoms with E-state index in [0.717, 1.165) is 45.6 Å². The molecule has 140 valence electrons. The summed E-state index contributed by atoms with van der Waals surface area (Å²) in [7, 11) is 0. The zero-order valence-electron chi connectivity index (χ0n) is 15.9. The van der Waals surface area contributed by atoms with Gasteiger partial charge in [-0.25, -0.2) is 15.0 Å². The largest absolute Gasteiger partial charge is 0.364 e. The van der Waals surface area contributed by atoms with Gasteiger partial charge in [0.15, 0.2) is 0 Å². The van der Waals surface area contributed by atoms with Crippen molar-refractivity contribution in [3.8, 4) is 10.6 Å². The summed E-state index contributed by atoms with van der Waals surface area (Å²) in [5, 5.41) is 6.53. The Morgan fingerprint density at radius 1 is 0.964 bits per heavy atom. The number of benzene rings is 1. The molecule has 0 amide bonds. The first-order chi connectivity index (χ1) is 13.7. The average Bonchev–Trinajstić information content (AvgIpc) is 3.19. The summed E-state index contributed by atoms with van der Waals surface area (Å²) in [6.07, 6.45) is 4.41. The van der Waals surface area contributed by atoms with Crippen LogP contribution in [0.5, 0.6) is 0 Å². The maximum Gasteiger partial charge on any atom is 0.133 e. The van der Waals surface area contributed by atoms with Gasteiger partial charge in [0.1, 0.15) is 16.6 Å². The molecule has 6 heteroatoms. The number of nitrogens with zero attached hydrogens (tertiary/aromatic N) is 4. The van der Waals surface area contributed by atoms with E-state index in [0.29, 0.717) is 6.54 Å². The summed E-state index contributed by atoms with van der Waals surface area (Å²) >= 11 is 1.63. The van der Waals surface area contributed by atoms with Crippen LogP contribution in [0.3, 0.4) is 0 Å². The molecule has 1 N–H and O–H groups in total. The van der Waals surface area contributed by atoms with Crippen LogP contribution in [0.15, 0.2) is 60.2 Å². The van der Waals surface area contributed by atoms with Crippen molar-refractivity contribution in [1.82, 2.24) is 19.9 Å². The Morgan fingerprint density at radius 3 is 2.61 bits per heavy atom. The minimum Gasteiger partial charge on any atom is -0.364 e. The van der Waals surface area contributed by atoms with E-state index < -0.39 is 0 Å². The SMILES string of the molecule is Cc1nc(C)c(Cc2ccccc2)c(NCc2csc(-c3cccnc3)n2)n1. The molecule has 0 saturated heterocycles. The fourth-order valence-corrected chi connectivity index (χ4v) is 3.89. The maximum atomic E-state index is 4.73. The third kappa shape index (κ3) is 4.23. The van der Waals surface area contributed by atoms with E-state index in [-0.39, 0.29) is 0 Å². The second-order valence-electron chi connectivity index (χ2n) is 6.59. The van der Waals surface area contributed by atoms with Gasteiger partial charge in [0, 0.05) is 41.0 Å². The molecule has 1 aromatic carbocycles. The number of hydrogen-bond donors (Lipinski definition) is 1. The molecule has 28 heavy (non-hydrogen) atoms. The van der Waals surface area contributed by atoms with Gasteiger partial charge >= 0.3 is 0 Å². The molecule has 0 bridgehead atoms. The third-order valence-electron chi connectivity index (χ3n) is 4.45. The highest BCUT2D eigenvalue weighted by Gasteiger charge is 2.12. The van der Waals surface area contributed by atoms with Crippen LogP contribution in [0.2, 0.25) is 0 Å². The summed E-state index contributed by atoms with van der Waals surface area (Å²) in [6.45, 7) is 4.59. The highest BCUT2D eigenvalue weighted by Crippen LogP contribution is 2.24. The van der Waals surface area contributed by atoms with Crippen LogP contribution in [0.1, 0.15) is 28.3 Å². The molecule has 3 aromatic heterocycles. The van der Waals surface area contributed by atoms with Crippen LogP contribution in [0.25, 0.3) is 10.6 Å². The van der Waals surface area contributed by atoms with Crippen LogP contribution >= 0.6 is 11.3 Å². The molecule has 0 aliphatic rings. The Kier molecular flexibility index (Phi) is 5.39. The molecular weight excluding hydrogens is 366 g/mol. The van der Waals surface area contributed by atoms with Crippen molar-refractivity contribution in [2.24, 2.45) is 0 Å². The molecule has 0 aliphatic heterocycles. The van der Waals surface area contributed by atoms with Crippen LogP contribution < -0.4 is 5.32 Å². The van der Waals surface area contributed by atoms with Gasteiger partial charge in [-0.15, -0.1) is 11.3 Å². The van der Waals surface area contributed by atoms with Crippen molar-refractivity contribution >= 4 is 17.2 Å². The van der Waals surface area contributed by atoms with Gasteiger partial charge in [-0.1, -0.05) is 30.3 Å². The average molecular weight is 388 g/mol. The number of anilines is 1. The van der Waals surface area contributed by atoms with Gasteiger partial charge in [0.25, 0.3) is 0 Å². The number of thiazole rings is 1. The molecule has 0 radical (unpaired) electrons. The van der Waals surface area contributed by atoms with Gasteiger partial charge in [0.2, 0.25) is 0 Å². The highest BCUT2D eigenvalue weighted by molar-refractivity contribution is 7.13. The van der Waals surface area contributed by atoms with Crippen LogP contribution in [0, 0.1) is 13.8 Å². The molecule has 4 aromatic rings. The molecule has 0 fully saturated rings. The fourth-order valence-electron chi connectivity index (χ4n) is 3.08. The summed E-state index contributed by atoms with van der Waals surface area (Å²) in [5.41, 5.74) is 5.40. The van der Waals surface area contributed by atoms with Crippen LogP contribution in [0.4, 0.5) is 5.82 Å². The zero-order chi connectivity index (χ0) is 19.3. The Bertz CT molecular complexity index is 1060. The van der Waals surface area contributed by atoms with Crippen LogP contribution in [-0.2, 0) is 13.0 Å². The lowest BCUT2D eigenvalue weighted by atomic mass is 10.0. The van der Waals surface area contributed by atoms with E-state index in [1.165, 1.54) is 5.56 Å². The van der Waals surface area contributed by atoms with Gasteiger partial charge in [0.05, 0.1) is 12.2 Å². The monoisotopic (exact) mass is 387 g/mol. The van der Waals surface area contributed by atoms with Gasteiger partial charge in [-0.3, -0.25) is 4.98 Å². The van der Waals surface area contributed by atoms with E-state index in [1.54, 1.807) is 17.5 Å². The smallest absolute Gasteiger partial charge is 0.133 e. The predicted octanol–water partition coefficient (Wildman–Crippen LogP) is 4.81. The first-order valence-electron chi connectivity index (χ1n) is 9.16. The van der Waals surface area contributed by atoms with E-state index in [4.69, 9.17) is 4.98 Å². The maximum absolute atomic E-state index is 4.73. The Balaban J connectivity index is 1.54. The number of pyridine rings is 1. The van der Waals surface area contributed by atoms with Crippen molar-refractivity contribution in [3.63, 3.8) is 0 Å². The molecule has 0 unspecified atom stereocenters. The minimum atomic E-state index is 0.619. The van der Waals surface area contributed by atoms with Crippen molar-refractivity contribution in [2.75, 3.05) is 5.32 Å². The van der Waals surface area contributed by atoms with E-state index >= 15 is 0 Å². The summed E-state index contributed by atoms with van der Waals surface area (Å²) < 4.78 is 0. The minimum absolute atomic E-state index is 0.619. The Labute approximate surface area is 168 Å². The van der Waals surface area contributed by atoms with Gasteiger partial charge < -0.3 is 5.32 Å². The second-order valence-corrected chi connectivity index (χ2v) is 7.44. The topological polar surface area (TPSA) is 63.6 Å². The Hall–Kier alpha value is -3.12. The summed E-state index contributed by atoms with van der Waals surface area (Å²) in [4.78, 5) is 18.1. The summed E-state index contributed by atoms with van der Waals surface area (Å²) in [5.74, 6) is 1.65. The molecule has 0 saturated carbocycles. The second kappa shape index (κ2) is 8.27. The summed E-state index contributed by atoms with van der Waals surface area (Å²) in [6, 6.07) is 14.4. The lowest BCUT2D eigenvalue weighted by Gasteiger charge is -2.14. The number of hydrogen-bond acceptors (Lipinski definition) is 6. The standard InChI is InChI=1S/C22H21N5S/c1-15-20(11-17-7-4-3-5-8-17)21(26-16(2)25-15)24-13-19-14-28-22(27-19)18-9-6-10-23-12-18/h3-10,12,14H,11,13H2,1-2H3,(H,24,25,26). The number of aryl methyl sites for hydroxylation is 2. The lowest BCUT2D eigenvalue weighted by Crippen LogP contribution is -2.09. The highest BCUT2D eigenvalue weighted by atomic mass is 32.1. The number of rotatable bonds is 6. The third-order valence-corrected chi connectivity index (χ3v) is 5.39. The number of nitrogens with one attached hydrogen (secondary N) is 1. The van der Waals surface area contributed by atoms with Gasteiger partial charge in [-0.2, -0.15) is 0 Å². The zero-order valence-corrected chi connectivity index (χ0v) is 16.7. The van der Waals surface area contributed by atoms with Crippen molar-refractivity contribution in [2.45, 2.75) is 26.8 Å². The lowest BCUT2D eigenvalue weighted by molar-refractivity contribution is 0.940. The van der Waals surface area contributed by atoms with Crippen LogP contribution in [-0.4, -0.2) is 19.9 Å². The molecular formula is C22H21N5S. The van der Waals surface area contributed by atoms with Crippen molar-refractivity contribution in [3.05, 3.63) is 88.6 Å². The van der Waals surface area contributed by atoms with E-state index in [2.05, 4.69) is 49.9 Å². The van der Waals surface area contributed by atoms with E-state index in [9.17, 15) is 0 Å². The predicted molar refractivity (Wildman–Crippen MR) is 113 cm³/mol. The van der Waals surface area contributed by atoms with Gasteiger partial charge in [-0.05, 0) is 31.5 Å². The molecule has 3 heterocycles.